The van der Waals surface area contributed by atoms with Gasteiger partial charge in [0.15, 0.2) is 0 Å². The molecule has 1 saturated carbocycles. The summed E-state index contributed by atoms with van der Waals surface area (Å²) >= 11 is 0. The van der Waals surface area contributed by atoms with E-state index >= 15 is 0 Å². The number of carboxylic acids is 1. The second-order valence-corrected chi connectivity index (χ2v) is 3.39. The minimum atomic E-state index is -0.768. The van der Waals surface area contributed by atoms with Gasteiger partial charge in [-0.2, -0.15) is 0 Å². The van der Waals surface area contributed by atoms with Gasteiger partial charge in [-0.1, -0.05) is 6.92 Å². The fourth-order valence-corrected chi connectivity index (χ4v) is 1.52. The van der Waals surface area contributed by atoms with Gasteiger partial charge in [0.25, 0.3) is 0 Å². The van der Waals surface area contributed by atoms with Gasteiger partial charge in [0.1, 0.15) is 0 Å². The Balaban J connectivity index is 2.46. The van der Waals surface area contributed by atoms with Crippen molar-refractivity contribution < 1.29 is 15.0 Å². The van der Waals surface area contributed by atoms with Crippen LogP contribution >= 0.6 is 0 Å². The molecule has 1 aliphatic rings. The van der Waals surface area contributed by atoms with Gasteiger partial charge in [0, 0.05) is 0 Å². The largest absolute Gasteiger partial charge is 0.481 e. The Morgan fingerprint density at radius 2 is 2.09 bits per heavy atom. The maximum atomic E-state index is 10.5. The van der Waals surface area contributed by atoms with Crippen molar-refractivity contribution in [3.05, 3.63) is 0 Å². The predicted octanol–water partition coefficient (Wildman–Crippen LogP) is 0.868. The van der Waals surface area contributed by atoms with Crippen molar-refractivity contribution in [3.63, 3.8) is 0 Å². The number of hydrogen-bond acceptors (Lipinski definition) is 2. The van der Waals surface area contributed by atoms with Crippen molar-refractivity contribution >= 4 is 5.97 Å². The fourth-order valence-electron chi connectivity index (χ4n) is 1.52. The molecule has 1 fully saturated rings. The predicted molar refractivity (Wildman–Crippen MR) is 40.1 cm³/mol. The molecule has 0 aromatic heterocycles. The van der Waals surface area contributed by atoms with Crippen LogP contribution in [0, 0.1) is 11.8 Å². The number of hydrogen-bond donors (Lipinski definition) is 2. The quantitative estimate of drug-likeness (QED) is 0.595. The lowest BCUT2D eigenvalue weighted by Crippen LogP contribution is -2.31. The smallest absolute Gasteiger partial charge is 0.306 e. The summed E-state index contributed by atoms with van der Waals surface area (Å²) in [6, 6.07) is 0. The molecule has 1 rings (SSSR count). The molecule has 0 amide bonds. The van der Waals surface area contributed by atoms with Crippen molar-refractivity contribution in [2.75, 3.05) is 0 Å². The molecule has 1 aliphatic carbocycles. The third kappa shape index (κ3) is 1.93. The molecule has 3 heteroatoms. The summed E-state index contributed by atoms with van der Waals surface area (Å²) < 4.78 is 0. The Bertz CT molecular complexity index is 155. The minimum Gasteiger partial charge on any atom is -0.481 e. The van der Waals surface area contributed by atoms with E-state index in [0.717, 1.165) is 6.42 Å². The van der Waals surface area contributed by atoms with Gasteiger partial charge in [-0.15, -0.1) is 0 Å². The Labute approximate surface area is 66.0 Å². The zero-order chi connectivity index (χ0) is 8.43. The SMILES string of the molecule is C[C@H]1CCC(C(=O)O)C[C@H]1O. The van der Waals surface area contributed by atoms with Crippen LogP contribution in [0.1, 0.15) is 26.2 Å². The molecular formula is C8H14O3. The monoisotopic (exact) mass is 158 g/mol. The molecule has 0 heterocycles. The first-order valence-electron chi connectivity index (χ1n) is 4.02. The van der Waals surface area contributed by atoms with E-state index in [4.69, 9.17) is 5.11 Å². The van der Waals surface area contributed by atoms with Crippen molar-refractivity contribution in [1.82, 2.24) is 0 Å². The van der Waals surface area contributed by atoms with Gasteiger partial charge in [0.05, 0.1) is 12.0 Å². The van der Waals surface area contributed by atoms with Crippen LogP contribution in [-0.4, -0.2) is 22.3 Å². The molecule has 3 atom stereocenters. The molecule has 0 aromatic carbocycles. The summed E-state index contributed by atoms with van der Waals surface area (Å²) in [5.41, 5.74) is 0. The molecule has 2 N–H and O–H groups in total. The van der Waals surface area contributed by atoms with Gasteiger partial charge < -0.3 is 10.2 Å². The third-order valence-corrected chi connectivity index (χ3v) is 2.50. The molecule has 0 bridgehead atoms. The minimum absolute atomic E-state index is 0.269. The normalized spacial score (nSPS) is 38.5. The van der Waals surface area contributed by atoms with Crippen LogP contribution in [0.3, 0.4) is 0 Å². The van der Waals surface area contributed by atoms with E-state index in [-0.39, 0.29) is 11.8 Å². The molecule has 64 valence electrons. The summed E-state index contributed by atoms with van der Waals surface area (Å²) in [4.78, 5) is 10.5. The van der Waals surface area contributed by atoms with Crippen LogP contribution in [0.2, 0.25) is 0 Å². The fraction of sp³-hybridized carbons (Fsp3) is 0.875. The van der Waals surface area contributed by atoms with Crippen LogP contribution in [0.15, 0.2) is 0 Å². The summed E-state index contributed by atoms with van der Waals surface area (Å²) in [6.45, 7) is 1.96. The Kier molecular flexibility index (Phi) is 2.49. The van der Waals surface area contributed by atoms with Crippen molar-refractivity contribution in [3.8, 4) is 0 Å². The standard InChI is InChI=1S/C8H14O3/c1-5-2-3-6(8(10)11)4-7(5)9/h5-7,9H,2-4H2,1H3,(H,10,11)/t5-,6?,7+/m0/s1. The Hall–Kier alpha value is -0.570. The maximum absolute atomic E-state index is 10.5. The van der Waals surface area contributed by atoms with Gasteiger partial charge in [0.2, 0.25) is 0 Å². The summed E-state index contributed by atoms with van der Waals surface area (Å²) in [6.07, 6.45) is 1.56. The first kappa shape index (κ1) is 8.53. The number of carboxylic acid groups (broad SMARTS) is 1. The second-order valence-electron chi connectivity index (χ2n) is 3.39. The highest BCUT2D eigenvalue weighted by Gasteiger charge is 2.29. The maximum Gasteiger partial charge on any atom is 0.306 e. The molecule has 0 saturated heterocycles. The van der Waals surface area contributed by atoms with E-state index in [0.29, 0.717) is 12.8 Å². The van der Waals surface area contributed by atoms with E-state index < -0.39 is 12.1 Å². The summed E-state index contributed by atoms with van der Waals surface area (Å²) in [7, 11) is 0. The third-order valence-electron chi connectivity index (χ3n) is 2.50. The molecule has 0 radical (unpaired) electrons. The van der Waals surface area contributed by atoms with Gasteiger partial charge in [-0.25, -0.2) is 0 Å². The lowest BCUT2D eigenvalue weighted by atomic mass is 9.81. The number of carbonyl (C=O) groups is 1. The lowest BCUT2D eigenvalue weighted by Gasteiger charge is -2.28. The molecule has 11 heavy (non-hydrogen) atoms. The highest BCUT2D eigenvalue weighted by atomic mass is 16.4. The lowest BCUT2D eigenvalue weighted by molar-refractivity contribution is -0.144. The Morgan fingerprint density at radius 3 is 2.55 bits per heavy atom. The zero-order valence-corrected chi connectivity index (χ0v) is 6.66. The van der Waals surface area contributed by atoms with E-state index in [1.807, 2.05) is 6.92 Å². The Morgan fingerprint density at radius 1 is 1.45 bits per heavy atom. The first-order chi connectivity index (χ1) is 5.11. The first-order valence-corrected chi connectivity index (χ1v) is 4.02. The van der Waals surface area contributed by atoms with Crippen LogP contribution < -0.4 is 0 Å². The molecule has 0 spiro atoms. The van der Waals surface area contributed by atoms with Gasteiger partial charge in [-0.05, 0) is 25.2 Å². The second kappa shape index (κ2) is 3.22. The van der Waals surface area contributed by atoms with Crippen molar-refractivity contribution in [2.45, 2.75) is 32.3 Å². The summed E-state index contributed by atoms with van der Waals surface area (Å²) in [5.74, 6) is -0.817. The van der Waals surface area contributed by atoms with E-state index in [2.05, 4.69) is 0 Å². The summed E-state index contributed by atoms with van der Waals surface area (Å²) in [5, 5.41) is 18.0. The number of aliphatic hydroxyl groups is 1. The van der Waals surface area contributed by atoms with Crippen LogP contribution in [-0.2, 0) is 4.79 Å². The zero-order valence-electron chi connectivity index (χ0n) is 6.66. The molecule has 3 nitrogen and oxygen atoms in total. The van der Waals surface area contributed by atoms with Crippen LogP contribution in [0.25, 0.3) is 0 Å². The van der Waals surface area contributed by atoms with Crippen molar-refractivity contribution in [2.24, 2.45) is 11.8 Å². The molecule has 0 aliphatic heterocycles. The topological polar surface area (TPSA) is 57.5 Å². The highest BCUT2D eigenvalue weighted by molar-refractivity contribution is 5.70. The molecule has 0 aromatic rings. The van der Waals surface area contributed by atoms with Gasteiger partial charge >= 0.3 is 5.97 Å². The highest BCUT2D eigenvalue weighted by Crippen LogP contribution is 2.28. The number of aliphatic hydroxyl groups excluding tert-OH is 1. The van der Waals surface area contributed by atoms with Crippen LogP contribution in [0.5, 0.6) is 0 Å². The molecule has 1 unspecified atom stereocenters. The average Bonchev–Trinajstić information content (AvgIpc) is 1.94. The molecular weight excluding hydrogens is 144 g/mol. The average molecular weight is 158 g/mol. The van der Waals surface area contributed by atoms with Gasteiger partial charge in [-0.3, -0.25) is 4.79 Å². The van der Waals surface area contributed by atoms with E-state index in [1.165, 1.54) is 0 Å². The number of aliphatic carboxylic acids is 1. The van der Waals surface area contributed by atoms with Crippen LogP contribution in [0.4, 0.5) is 0 Å². The van der Waals surface area contributed by atoms with Crippen molar-refractivity contribution in [1.29, 1.82) is 0 Å². The van der Waals surface area contributed by atoms with E-state index in [1.54, 1.807) is 0 Å². The van der Waals surface area contributed by atoms with E-state index in [9.17, 15) is 9.90 Å². The number of rotatable bonds is 1.